The first kappa shape index (κ1) is 14.7. The molecule has 1 aliphatic carbocycles. The van der Waals surface area contributed by atoms with Crippen molar-refractivity contribution in [2.75, 3.05) is 4.90 Å². The maximum atomic E-state index is 12.6. The molecule has 0 unspecified atom stereocenters. The number of carbonyl (C=O) groups is 2. The van der Waals surface area contributed by atoms with E-state index in [1.165, 1.54) is 18.2 Å². The molecule has 0 saturated carbocycles. The number of halogens is 1. The van der Waals surface area contributed by atoms with E-state index in [0.717, 1.165) is 4.90 Å². The summed E-state index contributed by atoms with van der Waals surface area (Å²) in [4.78, 5) is 36.5. The number of rotatable bonds is 2. The van der Waals surface area contributed by atoms with Crippen LogP contribution in [0, 0.1) is 28.9 Å². The number of allylic oxidation sites excluding steroid dienone is 2. The Morgan fingerprint density at radius 1 is 1.27 bits per heavy atom. The number of anilines is 1. The quantitative estimate of drug-likeness (QED) is 0.476. The van der Waals surface area contributed by atoms with Gasteiger partial charge in [0.1, 0.15) is 0 Å². The maximum absolute atomic E-state index is 12.6. The number of nitrogens with zero attached hydrogens (tertiary/aromatic N) is 2. The van der Waals surface area contributed by atoms with Crippen molar-refractivity contribution >= 4 is 34.8 Å². The van der Waals surface area contributed by atoms with Gasteiger partial charge in [-0.2, -0.15) is 0 Å². The summed E-state index contributed by atoms with van der Waals surface area (Å²) >= 11 is 5.98. The van der Waals surface area contributed by atoms with E-state index >= 15 is 0 Å². The van der Waals surface area contributed by atoms with Crippen LogP contribution in [-0.4, -0.2) is 16.7 Å². The van der Waals surface area contributed by atoms with Crippen LogP contribution in [0.3, 0.4) is 0 Å². The van der Waals surface area contributed by atoms with Crippen molar-refractivity contribution in [2.45, 2.75) is 19.8 Å². The molecule has 1 fully saturated rings. The van der Waals surface area contributed by atoms with Crippen LogP contribution in [0.25, 0.3) is 0 Å². The van der Waals surface area contributed by atoms with Gasteiger partial charge in [-0.3, -0.25) is 19.7 Å². The fraction of sp³-hybridized carbons (Fsp3) is 0.333. The number of nitro groups is 1. The molecule has 0 N–H and O–H groups in total. The number of carbonyl (C=O) groups excluding carboxylic acids is 2. The molecular weight excluding hydrogens is 308 g/mol. The van der Waals surface area contributed by atoms with E-state index < -0.39 is 10.8 Å². The van der Waals surface area contributed by atoms with Gasteiger partial charge in [0.25, 0.3) is 5.69 Å². The minimum atomic E-state index is -0.506. The molecule has 114 valence electrons. The number of aryl methyl sites for hydroxylation is 1. The lowest BCUT2D eigenvalue weighted by Gasteiger charge is -2.17. The van der Waals surface area contributed by atoms with Gasteiger partial charge in [0.15, 0.2) is 0 Å². The topological polar surface area (TPSA) is 80.5 Å². The highest BCUT2D eigenvalue weighted by Crippen LogP contribution is 2.41. The number of nitro benzene ring substituents is 1. The lowest BCUT2D eigenvalue weighted by Crippen LogP contribution is -2.31. The molecule has 7 heteroatoms. The second-order valence-electron chi connectivity index (χ2n) is 5.54. The zero-order chi connectivity index (χ0) is 16.0. The molecule has 1 heterocycles. The van der Waals surface area contributed by atoms with Crippen LogP contribution in [0.4, 0.5) is 11.4 Å². The monoisotopic (exact) mass is 320 g/mol. The Morgan fingerprint density at radius 2 is 1.95 bits per heavy atom. The minimum Gasteiger partial charge on any atom is -0.274 e. The minimum absolute atomic E-state index is 0.0672. The summed E-state index contributed by atoms with van der Waals surface area (Å²) in [6.07, 6.45) is 2.61. The van der Waals surface area contributed by atoms with Crippen molar-refractivity contribution in [1.82, 2.24) is 0 Å². The number of fused-ring (bicyclic) bond motifs is 1. The second kappa shape index (κ2) is 5.21. The second-order valence-corrected chi connectivity index (χ2v) is 6.03. The molecule has 1 saturated heterocycles. The predicted octanol–water partition coefficient (Wildman–Crippen LogP) is 2.93. The van der Waals surface area contributed by atoms with Crippen molar-refractivity contribution < 1.29 is 14.5 Å². The molecule has 1 aromatic rings. The molecule has 2 aliphatic rings. The van der Waals surface area contributed by atoms with Gasteiger partial charge in [-0.1, -0.05) is 17.7 Å². The van der Waals surface area contributed by atoms with Crippen LogP contribution < -0.4 is 4.90 Å². The van der Waals surface area contributed by atoms with Gasteiger partial charge in [0, 0.05) is 17.2 Å². The lowest BCUT2D eigenvalue weighted by molar-refractivity contribution is -0.384. The van der Waals surface area contributed by atoms with Gasteiger partial charge in [0.05, 0.1) is 22.4 Å². The Bertz CT molecular complexity index is 728. The summed E-state index contributed by atoms with van der Waals surface area (Å²) in [7, 11) is 0. The highest BCUT2D eigenvalue weighted by Gasteiger charge is 2.49. The summed E-state index contributed by atoms with van der Waals surface area (Å²) in [6.45, 7) is 1.65. The van der Waals surface area contributed by atoms with Gasteiger partial charge < -0.3 is 0 Å². The fourth-order valence-electron chi connectivity index (χ4n) is 3.07. The van der Waals surface area contributed by atoms with Crippen molar-refractivity contribution in [3.8, 4) is 0 Å². The third-order valence-electron chi connectivity index (χ3n) is 4.20. The largest absolute Gasteiger partial charge is 0.274 e. The summed E-state index contributed by atoms with van der Waals surface area (Å²) in [5.74, 6) is -1.35. The summed E-state index contributed by atoms with van der Waals surface area (Å²) < 4.78 is 0. The molecule has 2 amide bonds. The Labute approximate surface area is 131 Å². The van der Waals surface area contributed by atoms with Crippen LogP contribution in [0.5, 0.6) is 0 Å². The average molecular weight is 321 g/mol. The van der Waals surface area contributed by atoms with Gasteiger partial charge >= 0.3 is 0 Å². The lowest BCUT2D eigenvalue weighted by atomic mass is 9.85. The van der Waals surface area contributed by atoms with Crippen LogP contribution in [0.15, 0.2) is 29.3 Å². The molecule has 0 aromatic heterocycles. The molecule has 1 aromatic carbocycles. The Kier molecular flexibility index (Phi) is 3.48. The van der Waals surface area contributed by atoms with E-state index in [-0.39, 0.29) is 23.4 Å². The Hall–Kier alpha value is -2.21. The van der Waals surface area contributed by atoms with E-state index in [1.54, 1.807) is 13.0 Å². The molecule has 22 heavy (non-hydrogen) atoms. The summed E-state index contributed by atoms with van der Waals surface area (Å²) in [6, 6.07) is 4.12. The Balaban J connectivity index is 1.98. The van der Waals surface area contributed by atoms with Crippen molar-refractivity contribution in [2.24, 2.45) is 11.8 Å². The van der Waals surface area contributed by atoms with E-state index in [2.05, 4.69) is 0 Å². The van der Waals surface area contributed by atoms with Gasteiger partial charge in [-0.25, -0.2) is 4.90 Å². The van der Waals surface area contributed by atoms with E-state index in [1.807, 2.05) is 0 Å². The number of benzene rings is 1. The van der Waals surface area contributed by atoms with Gasteiger partial charge in [-0.05, 0) is 31.4 Å². The highest BCUT2D eigenvalue weighted by molar-refractivity contribution is 6.30. The average Bonchev–Trinajstić information content (AvgIpc) is 2.71. The normalized spacial score (nSPS) is 24.3. The van der Waals surface area contributed by atoms with Crippen molar-refractivity contribution in [1.29, 1.82) is 0 Å². The molecule has 0 bridgehead atoms. The predicted molar refractivity (Wildman–Crippen MR) is 80.5 cm³/mol. The van der Waals surface area contributed by atoms with Gasteiger partial charge in [-0.15, -0.1) is 0 Å². The molecule has 1 aliphatic heterocycles. The highest BCUT2D eigenvalue weighted by atomic mass is 35.5. The first-order valence-electron chi connectivity index (χ1n) is 6.87. The summed E-state index contributed by atoms with van der Waals surface area (Å²) in [5.41, 5.74) is 0.863. The molecule has 0 spiro atoms. The zero-order valence-electron chi connectivity index (χ0n) is 11.8. The van der Waals surface area contributed by atoms with Crippen LogP contribution >= 0.6 is 11.6 Å². The third kappa shape index (κ3) is 2.20. The van der Waals surface area contributed by atoms with Crippen LogP contribution in [0.2, 0.25) is 0 Å². The maximum Gasteiger partial charge on any atom is 0.269 e. The Morgan fingerprint density at radius 3 is 2.59 bits per heavy atom. The number of imide groups is 1. The number of hydrogen-bond donors (Lipinski definition) is 0. The van der Waals surface area contributed by atoms with E-state index in [4.69, 9.17) is 11.6 Å². The first-order chi connectivity index (χ1) is 10.4. The smallest absolute Gasteiger partial charge is 0.269 e. The zero-order valence-corrected chi connectivity index (χ0v) is 12.5. The SMILES string of the molecule is Cc1cc([N+](=O)[O-])ccc1N1C(=O)[C@H]2CC=C(Cl)C[C@@H]2C1=O. The molecule has 3 rings (SSSR count). The van der Waals surface area contributed by atoms with Gasteiger partial charge in [0.2, 0.25) is 11.8 Å². The molecular formula is C15H13ClN2O4. The van der Waals surface area contributed by atoms with Crippen LogP contribution in [0.1, 0.15) is 18.4 Å². The summed E-state index contributed by atoms with van der Waals surface area (Å²) in [5, 5.41) is 11.4. The molecule has 0 radical (unpaired) electrons. The first-order valence-corrected chi connectivity index (χ1v) is 7.25. The van der Waals surface area contributed by atoms with Crippen molar-refractivity contribution in [3.05, 3.63) is 45.0 Å². The number of non-ortho nitro benzene ring substituents is 1. The molecule has 2 atom stereocenters. The van der Waals surface area contributed by atoms with Crippen LogP contribution in [-0.2, 0) is 9.59 Å². The number of hydrogen-bond acceptors (Lipinski definition) is 4. The third-order valence-corrected chi connectivity index (χ3v) is 4.51. The standard InChI is InChI=1S/C15H13ClN2O4/c1-8-6-10(18(21)22)3-5-13(8)17-14(19)11-4-2-9(16)7-12(11)15(17)20/h2-3,5-6,11-12H,4,7H2,1H3/t11-,12-/m0/s1. The number of amides is 2. The van der Waals surface area contributed by atoms with E-state index in [0.29, 0.717) is 29.1 Å². The van der Waals surface area contributed by atoms with Crippen molar-refractivity contribution in [3.63, 3.8) is 0 Å². The van der Waals surface area contributed by atoms with E-state index in [9.17, 15) is 19.7 Å². The fourth-order valence-corrected chi connectivity index (χ4v) is 3.32. The molecule has 6 nitrogen and oxygen atoms in total.